The number of carbonyl (C=O) groups is 3. The second-order valence-electron chi connectivity index (χ2n) is 15.4. The normalized spacial score (nSPS) is 38.3. The van der Waals surface area contributed by atoms with E-state index >= 15 is 0 Å². The molecule has 2 aliphatic heterocycles. The molecule has 8 heteroatoms. The van der Waals surface area contributed by atoms with Gasteiger partial charge < -0.3 is 18.6 Å². The summed E-state index contributed by atoms with van der Waals surface area (Å²) in [5, 5.41) is 0.119. The number of ketones is 1. The molecule has 0 radical (unpaired) electrons. The first kappa shape index (κ1) is 30.3. The van der Waals surface area contributed by atoms with Crippen molar-refractivity contribution in [1.82, 2.24) is 0 Å². The molecule has 5 aliphatic rings. The van der Waals surface area contributed by atoms with Gasteiger partial charge in [-0.15, -0.1) is 0 Å². The van der Waals surface area contributed by atoms with Crippen LogP contribution in [0.4, 0.5) is 0 Å². The molecular weight excluding hydrogens is 560 g/mol. The lowest BCUT2D eigenvalue weighted by Crippen LogP contribution is -2.65. The fraction of sp³-hybridized carbons (Fsp3) is 0.629. The molecule has 2 saturated heterocycles. The zero-order chi connectivity index (χ0) is 31.3. The van der Waals surface area contributed by atoms with Gasteiger partial charge in [-0.25, -0.2) is 0 Å². The molecule has 232 valence electrons. The Bertz CT molecular complexity index is 1420. The second-order valence-corrected chi connectivity index (χ2v) is 20.1. The van der Waals surface area contributed by atoms with Crippen molar-refractivity contribution in [2.45, 2.75) is 103 Å². The van der Waals surface area contributed by atoms with Gasteiger partial charge in [0.25, 0.3) is 0 Å². The molecule has 0 amide bonds. The number of fused-ring (bicyclic) bond motifs is 3. The van der Waals surface area contributed by atoms with E-state index in [2.05, 4.69) is 65.1 Å². The molecule has 1 aromatic rings. The first-order valence-electron chi connectivity index (χ1n) is 15.7. The minimum atomic E-state index is -1.94. The standard InChI is InChI=1S/C35H46O7Si/c1-19-22(20-10-12-21(13-11-20)42-43(8,9)33(2,3)4)17-26-23(19)16-24-25(18-28(37)39-7)35(6)27(36)14-15-34(5)31(35)30(29(24)40-26)41-32(34)38/h10-15,22,24-26,29-31H,16-18H2,1-9H3/t22-,24+,25?,26-,29+,30+,31+,34-,35?/m1/s1. The van der Waals surface area contributed by atoms with Gasteiger partial charge in [0.05, 0.1) is 24.7 Å². The van der Waals surface area contributed by atoms with E-state index in [4.69, 9.17) is 18.6 Å². The van der Waals surface area contributed by atoms with E-state index in [1.54, 1.807) is 6.08 Å². The Morgan fingerprint density at radius 3 is 2.40 bits per heavy atom. The van der Waals surface area contributed by atoms with Gasteiger partial charge in [0, 0.05) is 23.7 Å². The minimum absolute atomic E-state index is 0.0530. The maximum atomic E-state index is 13.7. The van der Waals surface area contributed by atoms with E-state index in [0.29, 0.717) is 6.42 Å². The summed E-state index contributed by atoms with van der Waals surface area (Å²) in [5.41, 5.74) is 1.87. The van der Waals surface area contributed by atoms with Crippen molar-refractivity contribution >= 4 is 26.0 Å². The monoisotopic (exact) mass is 606 g/mol. The summed E-state index contributed by atoms with van der Waals surface area (Å²) in [7, 11) is -0.559. The molecule has 3 fully saturated rings. The van der Waals surface area contributed by atoms with Crippen LogP contribution in [0.15, 0.2) is 47.6 Å². The van der Waals surface area contributed by atoms with Crippen molar-refractivity contribution in [3.05, 3.63) is 53.1 Å². The zero-order valence-corrected chi connectivity index (χ0v) is 28.0. The summed E-state index contributed by atoms with van der Waals surface area (Å²) < 4.78 is 24.7. The highest BCUT2D eigenvalue weighted by Gasteiger charge is 2.73. The van der Waals surface area contributed by atoms with Crippen molar-refractivity contribution < 1.29 is 33.0 Å². The molecule has 0 spiro atoms. The molecule has 1 aromatic carbocycles. The van der Waals surface area contributed by atoms with Gasteiger partial charge in [-0.05, 0) is 86.0 Å². The largest absolute Gasteiger partial charge is 0.544 e. The second kappa shape index (κ2) is 9.90. The Morgan fingerprint density at radius 2 is 1.77 bits per heavy atom. The average molecular weight is 607 g/mol. The van der Waals surface area contributed by atoms with Gasteiger partial charge >= 0.3 is 11.9 Å². The summed E-state index contributed by atoms with van der Waals surface area (Å²) in [5.74, 6) is -0.528. The van der Waals surface area contributed by atoms with Crippen LogP contribution in [-0.4, -0.2) is 51.5 Å². The Labute approximate surface area is 256 Å². The molecule has 9 atom stereocenters. The number of hydrogen-bond donors (Lipinski definition) is 0. The highest BCUT2D eigenvalue weighted by Crippen LogP contribution is 2.65. The van der Waals surface area contributed by atoms with Gasteiger partial charge in [0.15, 0.2) is 5.78 Å². The summed E-state index contributed by atoms with van der Waals surface area (Å²) >= 11 is 0. The third-order valence-corrected chi connectivity index (χ3v) is 16.5. The molecule has 43 heavy (non-hydrogen) atoms. The predicted molar refractivity (Wildman–Crippen MR) is 165 cm³/mol. The molecule has 1 saturated carbocycles. The van der Waals surface area contributed by atoms with Crippen LogP contribution in [0.1, 0.15) is 72.3 Å². The maximum Gasteiger partial charge on any atom is 0.316 e. The molecule has 0 bridgehead atoms. The summed E-state index contributed by atoms with van der Waals surface area (Å²) in [6.45, 7) is 17.2. The van der Waals surface area contributed by atoms with Crippen molar-refractivity contribution in [3.63, 3.8) is 0 Å². The topological polar surface area (TPSA) is 88.1 Å². The summed E-state index contributed by atoms with van der Waals surface area (Å²) in [6.07, 6.45) is 3.83. The quantitative estimate of drug-likeness (QED) is 0.214. The van der Waals surface area contributed by atoms with Gasteiger partial charge in [0.2, 0.25) is 8.32 Å². The minimum Gasteiger partial charge on any atom is -0.544 e. The summed E-state index contributed by atoms with van der Waals surface area (Å²) in [6, 6.07) is 8.52. The van der Waals surface area contributed by atoms with Crippen molar-refractivity contribution in [3.8, 4) is 5.75 Å². The molecule has 6 rings (SSSR count). The number of ether oxygens (including phenoxy) is 3. The maximum absolute atomic E-state index is 13.7. The van der Waals surface area contributed by atoms with Crippen LogP contribution in [0.25, 0.3) is 0 Å². The van der Waals surface area contributed by atoms with Gasteiger partial charge in [-0.3, -0.25) is 14.4 Å². The number of hydrogen-bond acceptors (Lipinski definition) is 7. The molecule has 0 N–H and O–H groups in total. The number of esters is 2. The first-order valence-corrected chi connectivity index (χ1v) is 18.6. The van der Waals surface area contributed by atoms with E-state index in [1.807, 2.05) is 13.8 Å². The number of allylic oxidation sites excluding steroid dienone is 2. The fourth-order valence-electron chi connectivity index (χ4n) is 8.64. The van der Waals surface area contributed by atoms with Crippen LogP contribution in [0, 0.1) is 28.6 Å². The lowest BCUT2D eigenvalue weighted by Gasteiger charge is -2.58. The smallest absolute Gasteiger partial charge is 0.316 e. The number of rotatable bonds is 5. The summed E-state index contributed by atoms with van der Waals surface area (Å²) in [4.78, 5) is 39.8. The Morgan fingerprint density at radius 1 is 1.09 bits per heavy atom. The number of benzene rings is 1. The van der Waals surface area contributed by atoms with Gasteiger partial charge in [-0.1, -0.05) is 51.5 Å². The fourth-order valence-corrected chi connectivity index (χ4v) is 9.67. The highest BCUT2D eigenvalue weighted by molar-refractivity contribution is 6.74. The highest BCUT2D eigenvalue weighted by atomic mass is 28.4. The van der Waals surface area contributed by atoms with Crippen molar-refractivity contribution in [2.24, 2.45) is 28.6 Å². The van der Waals surface area contributed by atoms with Gasteiger partial charge in [0.1, 0.15) is 11.9 Å². The van der Waals surface area contributed by atoms with Crippen LogP contribution in [0.5, 0.6) is 5.75 Å². The van der Waals surface area contributed by atoms with Crippen LogP contribution in [0.3, 0.4) is 0 Å². The Hall–Kier alpha value is -2.71. The van der Waals surface area contributed by atoms with E-state index < -0.39 is 37.3 Å². The van der Waals surface area contributed by atoms with Crippen LogP contribution < -0.4 is 4.43 Å². The molecular formula is C35H46O7Si. The molecule has 2 unspecified atom stereocenters. The van der Waals surface area contributed by atoms with Crippen molar-refractivity contribution in [1.29, 1.82) is 0 Å². The number of carbonyl (C=O) groups excluding carboxylic acids is 3. The van der Waals surface area contributed by atoms with Crippen LogP contribution in [0.2, 0.25) is 18.1 Å². The SMILES string of the molecule is COC(=O)CC1[C@@H]2CC3=C(C)[C@H](c4ccc(O[Si](C)(C)C(C)(C)C)cc4)C[C@H]3O[C@@H]2[C@@H]2OC(=O)[C@]3(C)C=CC(=O)C1(C)[C@@H]23. The predicted octanol–water partition coefficient (Wildman–Crippen LogP) is 6.53. The van der Waals surface area contributed by atoms with E-state index in [0.717, 1.165) is 12.2 Å². The van der Waals surface area contributed by atoms with E-state index in [-0.39, 0.29) is 53.0 Å². The third kappa shape index (κ3) is 4.41. The average Bonchev–Trinajstić information content (AvgIpc) is 3.41. The number of methoxy groups -OCH3 is 1. The Kier molecular flexibility index (Phi) is 6.98. The molecule has 2 heterocycles. The van der Waals surface area contributed by atoms with E-state index in [9.17, 15) is 14.4 Å². The third-order valence-electron chi connectivity index (χ3n) is 12.2. The van der Waals surface area contributed by atoms with Crippen LogP contribution >= 0.6 is 0 Å². The zero-order valence-electron chi connectivity index (χ0n) is 27.0. The van der Waals surface area contributed by atoms with E-state index in [1.165, 1.54) is 29.9 Å². The molecule has 3 aliphatic carbocycles. The van der Waals surface area contributed by atoms with Crippen LogP contribution in [-0.2, 0) is 28.6 Å². The lowest BCUT2D eigenvalue weighted by atomic mass is 9.45. The lowest BCUT2D eigenvalue weighted by molar-refractivity contribution is -0.204. The molecule has 7 nitrogen and oxygen atoms in total. The first-order chi connectivity index (χ1) is 20.0. The van der Waals surface area contributed by atoms with Crippen molar-refractivity contribution in [2.75, 3.05) is 7.11 Å². The van der Waals surface area contributed by atoms with Gasteiger partial charge in [-0.2, -0.15) is 0 Å². The molecule has 0 aromatic heterocycles. The Balaban J connectivity index is 1.33.